The molecule has 18 heavy (non-hydrogen) atoms. The highest BCUT2D eigenvalue weighted by Gasteiger charge is 2.27. The van der Waals surface area contributed by atoms with Gasteiger partial charge in [-0.05, 0) is 29.6 Å². The molecule has 0 radical (unpaired) electrons. The van der Waals surface area contributed by atoms with E-state index in [4.69, 9.17) is 15.2 Å². The molecule has 1 aliphatic heterocycles. The smallest absolute Gasteiger partial charge is 0.135 e. The Kier molecular flexibility index (Phi) is 2.97. The number of ether oxygens (including phenoxy) is 2. The van der Waals surface area contributed by atoms with Gasteiger partial charge in [-0.3, -0.25) is 0 Å². The Labute approximate surface area is 110 Å². The van der Waals surface area contributed by atoms with Gasteiger partial charge in [-0.15, -0.1) is 11.3 Å². The Morgan fingerprint density at radius 2 is 2.28 bits per heavy atom. The molecule has 1 aliphatic rings. The molecule has 0 bridgehead atoms. The molecule has 0 saturated heterocycles. The summed E-state index contributed by atoms with van der Waals surface area (Å²) in [6.45, 7) is 0. The zero-order valence-corrected chi connectivity index (χ0v) is 10.9. The van der Waals surface area contributed by atoms with Crippen LogP contribution in [0, 0.1) is 0 Å². The molecule has 2 aromatic rings. The van der Waals surface area contributed by atoms with E-state index >= 15 is 0 Å². The van der Waals surface area contributed by atoms with Gasteiger partial charge in [-0.25, -0.2) is 0 Å². The van der Waals surface area contributed by atoms with Crippen molar-refractivity contribution in [3.05, 3.63) is 46.2 Å². The van der Waals surface area contributed by atoms with Gasteiger partial charge in [0, 0.05) is 22.9 Å². The summed E-state index contributed by atoms with van der Waals surface area (Å²) >= 11 is 1.71. The van der Waals surface area contributed by atoms with E-state index in [0.29, 0.717) is 0 Å². The predicted molar refractivity (Wildman–Crippen MR) is 72.2 cm³/mol. The molecule has 0 spiro atoms. The lowest BCUT2D eigenvalue weighted by molar-refractivity contribution is 0.164. The van der Waals surface area contributed by atoms with Gasteiger partial charge in [0.1, 0.15) is 17.6 Å². The number of thiophene rings is 1. The van der Waals surface area contributed by atoms with E-state index in [1.165, 1.54) is 4.88 Å². The molecule has 1 aromatic carbocycles. The second-order valence-corrected chi connectivity index (χ2v) is 5.35. The van der Waals surface area contributed by atoms with Crippen LogP contribution < -0.4 is 15.2 Å². The van der Waals surface area contributed by atoms with Crippen molar-refractivity contribution in [1.82, 2.24) is 0 Å². The van der Waals surface area contributed by atoms with E-state index in [0.717, 1.165) is 23.5 Å². The second kappa shape index (κ2) is 4.63. The maximum absolute atomic E-state index is 6.24. The van der Waals surface area contributed by atoms with Gasteiger partial charge in [0.25, 0.3) is 0 Å². The van der Waals surface area contributed by atoms with Crippen LogP contribution in [0.25, 0.3) is 0 Å². The highest BCUT2D eigenvalue weighted by molar-refractivity contribution is 7.10. The summed E-state index contributed by atoms with van der Waals surface area (Å²) in [5, 5.41) is 2.06. The minimum Gasteiger partial charge on any atom is -0.497 e. The molecule has 0 aliphatic carbocycles. The first-order chi connectivity index (χ1) is 8.78. The summed E-state index contributed by atoms with van der Waals surface area (Å²) in [5.74, 6) is 1.69. The molecule has 94 valence electrons. The second-order valence-electron chi connectivity index (χ2n) is 4.37. The highest BCUT2D eigenvalue weighted by atomic mass is 32.1. The molecule has 0 saturated carbocycles. The summed E-state index contributed by atoms with van der Waals surface area (Å²) in [4.78, 5) is 1.23. The first-order valence-corrected chi connectivity index (χ1v) is 6.79. The molecule has 0 fully saturated rings. The van der Waals surface area contributed by atoms with E-state index in [-0.39, 0.29) is 12.1 Å². The largest absolute Gasteiger partial charge is 0.497 e. The van der Waals surface area contributed by atoms with E-state index in [2.05, 4.69) is 11.4 Å². The monoisotopic (exact) mass is 261 g/mol. The average molecular weight is 261 g/mol. The van der Waals surface area contributed by atoms with Gasteiger partial charge >= 0.3 is 0 Å². The van der Waals surface area contributed by atoms with Crippen LogP contribution in [-0.4, -0.2) is 7.11 Å². The van der Waals surface area contributed by atoms with Gasteiger partial charge in [0.2, 0.25) is 0 Å². The Morgan fingerprint density at radius 1 is 1.39 bits per heavy atom. The number of fused-ring (bicyclic) bond motifs is 1. The van der Waals surface area contributed by atoms with Crippen molar-refractivity contribution < 1.29 is 9.47 Å². The summed E-state index contributed by atoms with van der Waals surface area (Å²) in [6.07, 6.45) is 0.877. The van der Waals surface area contributed by atoms with Crippen molar-refractivity contribution in [2.45, 2.75) is 18.6 Å². The first kappa shape index (κ1) is 11.6. The van der Waals surface area contributed by atoms with Crippen molar-refractivity contribution >= 4 is 11.3 Å². The van der Waals surface area contributed by atoms with Crippen molar-refractivity contribution in [1.29, 1.82) is 0 Å². The number of hydrogen-bond donors (Lipinski definition) is 1. The topological polar surface area (TPSA) is 44.5 Å². The maximum Gasteiger partial charge on any atom is 0.135 e. The van der Waals surface area contributed by atoms with Crippen LogP contribution in [0.2, 0.25) is 0 Å². The summed E-state index contributed by atoms with van der Waals surface area (Å²) in [5.41, 5.74) is 7.27. The van der Waals surface area contributed by atoms with Gasteiger partial charge in [-0.2, -0.15) is 0 Å². The molecule has 1 unspecified atom stereocenters. The lowest BCUT2D eigenvalue weighted by atomic mass is 9.96. The van der Waals surface area contributed by atoms with Crippen molar-refractivity contribution in [2.75, 3.05) is 7.11 Å². The summed E-state index contributed by atoms with van der Waals surface area (Å²) in [6, 6.07) is 9.94. The van der Waals surface area contributed by atoms with Gasteiger partial charge in [0.15, 0.2) is 0 Å². The highest BCUT2D eigenvalue weighted by Crippen LogP contribution is 2.42. The van der Waals surface area contributed by atoms with Crippen LogP contribution >= 0.6 is 11.3 Å². The third-order valence-corrected chi connectivity index (χ3v) is 4.18. The Bertz CT molecular complexity index is 539. The quantitative estimate of drug-likeness (QED) is 0.902. The zero-order chi connectivity index (χ0) is 12.5. The minimum absolute atomic E-state index is 0.00375. The van der Waals surface area contributed by atoms with Crippen molar-refractivity contribution in [3.8, 4) is 11.5 Å². The standard InChI is InChI=1S/C14H15NO2S/c1-16-9-4-5-12-10(7-9)11(15)8-13(17-12)14-3-2-6-18-14/h2-7,11,13H,8,15H2,1H3/t11-,13?/m1/s1. The van der Waals surface area contributed by atoms with E-state index in [1.807, 2.05) is 24.3 Å². The van der Waals surface area contributed by atoms with Crippen LogP contribution in [0.1, 0.15) is 29.0 Å². The Morgan fingerprint density at radius 3 is 3.00 bits per heavy atom. The normalized spacial score (nSPS) is 22.1. The molecule has 2 N–H and O–H groups in total. The molecule has 3 rings (SSSR count). The number of nitrogens with two attached hydrogens (primary N) is 1. The van der Waals surface area contributed by atoms with E-state index in [1.54, 1.807) is 18.4 Å². The fourth-order valence-electron chi connectivity index (χ4n) is 2.26. The molecule has 1 aromatic heterocycles. The fourth-order valence-corrected chi connectivity index (χ4v) is 3.03. The molecule has 4 heteroatoms. The predicted octanol–water partition coefficient (Wildman–Crippen LogP) is 3.28. The Balaban J connectivity index is 1.93. The average Bonchev–Trinajstić information content (AvgIpc) is 2.92. The first-order valence-electron chi connectivity index (χ1n) is 5.91. The van der Waals surface area contributed by atoms with Crippen molar-refractivity contribution in [2.24, 2.45) is 5.73 Å². The fraction of sp³-hybridized carbons (Fsp3) is 0.286. The molecular formula is C14H15NO2S. The van der Waals surface area contributed by atoms with Gasteiger partial charge in [-0.1, -0.05) is 6.07 Å². The van der Waals surface area contributed by atoms with E-state index < -0.39 is 0 Å². The number of rotatable bonds is 2. The lowest BCUT2D eigenvalue weighted by Crippen LogP contribution is -2.23. The lowest BCUT2D eigenvalue weighted by Gasteiger charge is -2.30. The number of benzene rings is 1. The van der Waals surface area contributed by atoms with Crippen LogP contribution in [0.15, 0.2) is 35.7 Å². The molecule has 3 nitrogen and oxygen atoms in total. The zero-order valence-electron chi connectivity index (χ0n) is 10.1. The molecular weight excluding hydrogens is 246 g/mol. The number of methoxy groups -OCH3 is 1. The maximum atomic E-state index is 6.24. The van der Waals surface area contributed by atoms with E-state index in [9.17, 15) is 0 Å². The van der Waals surface area contributed by atoms with Crippen LogP contribution in [0.3, 0.4) is 0 Å². The van der Waals surface area contributed by atoms with Crippen molar-refractivity contribution in [3.63, 3.8) is 0 Å². The molecule has 2 atom stereocenters. The third kappa shape index (κ3) is 1.98. The SMILES string of the molecule is COc1ccc2c(c1)[C@H](N)CC(c1cccs1)O2. The summed E-state index contributed by atoms with van der Waals surface area (Å²) < 4.78 is 11.2. The molecule has 0 amide bonds. The summed E-state index contributed by atoms with van der Waals surface area (Å²) in [7, 11) is 1.66. The third-order valence-electron chi connectivity index (χ3n) is 3.21. The van der Waals surface area contributed by atoms with Crippen LogP contribution in [0.5, 0.6) is 11.5 Å². The Hall–Kier alpha value is -1.52. The van der Waals surface area contributed by atoms with Crippen LogP contribution in [0.4, 0.5) is 0 Å². The molecule has 2 heterocycles. The van der Waals surface area contributed by atoms with Crippen LogP contribution in [-0.2, 0) is 0 Å². The van der Waals surface area contributed by atoms with Gasteiger partial charge < -0.3 is 15.2 Å². The number of hydrogen-bond acceptors (Lipinski definition) is 4. The minimum atomic E-state index is -0.00375. The van der Waals surface area contributed by atoms with Gasteiger partial charge in [0.05, 0.1) is 7.11 Å².